The van der Waals surface area contributed by atoms with Crippen molar-refractivity contribution in [3.63, 3.8) is 0 Å². The molecule has 1 saturated carbocycles. The summed E-state index contributed by atoms with van der Waals surface area (Å²) in [6.45, 7) is 12.1. The molecule has 0 spiro atoms. The highest BCUT2D eigenvalue weighted by molar-refractivity contribution is 5.84. The third kappa shape index (κ3) is 3.11. The molecule has 2 N–H and O–H groups in total. The number of rotatable bonds is 4. The van der Waals surface area contributed by atoms with Crippen molar-refractivity contribution >= 4 is 5.91 Å². The van der Waals surface area contributed by atoms with Crippen molar-refractivity contribution in [2.45, 2.75) is 33.6 Å². The largest absolute Gasteiger partial charge is 0.340 e. The molecule has 2 rings (SSSR count). The number of nitrogens with zero attached hydrogens (tertiary/aromatic N) is 2. The van der Waals surface area contributed by atoms with E-state index < -0.39 is 0 Å². The van der Waals surface area contributed by atoms with Gasteiger partial charge in [0.15, 0.2) is 0 Å². The van der Waals surface area contributed by atoms with Crippen LogP contribution in [0, 0.1) is 17.3 Å². The Morgan fingerprint density at radius 2 is 1.84 bits per heavy atom. The molecule has 0 unspecified atom stereocenters. The fourth-order valence-corrected chi connectivity index (χ4v) is 3.69. The first kappa shape index (κ1) is 14.8. The maximum absolute atomic E-state index is 12.6. The summed E-state index contributed by atoms with van der Waals surface area (Å²) in [5, 5.41) is 0. The van der Waals surface area contributed by atoms with Gasteiger partial charge in [0, 0.05) is 39.3 Å². The van der Waals surface area contributed by atoms with Crippen molar-refractivity contribution in [1.29, 1.82) is 0 Å². The molecular formula is C15H29N3O. The average Bonchev–Trinajstić information content (AvgIpc) is 2.34. The zero-order valence-electron chi connectivity index (χ0n) is 12.7. The van der Waals surface area contributed by atoms with E-state index in [1.807, 2.05) is 0 Å². The molecule has 2 fully saturated rings. The van der Waals surface area contributed by atoms with Crippen LogP contribution in [0.15, 0.2) is 0 Å². The first-order chi connectivity index (χ1) is 8.97. The molecule has 0 aromatic carbocycles. The van der Waals surface area contributed by atoms with Crippen LogP contribution in [0.4, 0.5) is 0 Å². The number of nitrogens with two attached hydrogens (primary N) is 1. The maximum Gasteiger partial charge on any atom is 0.230 e. The van der Waals surface area contributed by atoms with Crippen LogP contribution in [0.3, 0.4) is 0 Å². The van der Waals surface area contributed by atoms with E-state index in [0.717, 1.165) is 45.6 Å². The molecule has 0 atom stereocenters. The predicted molar refractivity (Wildman–Crippen MR) is 77.7 cm³/mol. The molecule has 4 nitrogen and oxygen atoms in total. The lowest BCUT2D eigenvalue weighted by Gasteiger charge is -2.48. The fourth-order valence-electron chi connectivity index (χ4n) is 3.69. The van der Waals surface area contributed by atoms with Crippen molar-refractivity contribution < 1.29 is 4.79 Å². The highest BCUT2D eigenvalue weighted by Gasteiger charge is 2.49. The second-order valence-electron chi connectivity index (χ2n) is 6.98. The third-order valence-electron chi connectivity index (χ3n) is 4.61. The number of hydrogen-bond donors (Lipinski definition) is 1. The Morgan fingerprint density at radius 3 is 2.26 bits per heavy atom. The Labute approximate surface area is 117 Å². The van der Waals surface area contributed by atoms with Crippen LogP contribution in [0.5, 0.6) is 0 Å². The predicted octanol–water partition coefficient (Wildman–Crippen LogP) is 1.16. The molecular weight excluding hydrogens is 238 g/mol. The fraction of sp³-hybridized carbons (Fsp3) is 0.933. The van der Waals surface area contributed by atoms with E-state index in [-0.39, 0.29) is 5.41 Å². The highest BCUT2D eigenvalue weighted by atomic mass is 16.2. The Balaban J connectivity index is 1.85. The lowest BCUT2D eigenvalue weighted by Crippen LogP contribution is -2.58. The molecule has 1 amide bonds. The molecule has 1 aliphatic carbocycles. The standard InChI is InChI=1S/C15H29N3O/c1-12(2)10-17-4-6-18(7-5-17)14(19)15(11-16)8-13(3)9-15/h12-13H,4-11,16H2,1-3H3. The molecule has 0 radical (unpaired) electrons. The van der Waals surface area contributed by atoms with Crippen LogP contribution in [0.1, 0.15) is 33.6 Å². The smallest absolute Gasteiger partial charge is 0.230 e. The lowest BCUT2D eigenvalue weighted by atomic mass is 9.62. The highest BCUT2D eigenvalue weighted by Crippen LogP contribution is 2.46. The summed E-state index contributed by atoms with van der Waals surface area (Å²) < 4.78 is 0. The molecule has 2 aliphatic rings. The van der Waals surface area contributed by atoms with E-state index in [9.17, 15) is 4.79 Å². The van der Waals surface area contributed by atoms with Gasteiger partial charge in [-0.1, -0.05) is 20.8 Å². The Bertz CT molecular complexity index is 315. The van der Waals surface area contributed by atoms with Gasteiger partial charge < -0.3 is 10.6 Å². The lowest BCUT2D eigenvalue weighted by molar-refractivity contribution is -0.151. The molecule has 110 valence electrons. The van der Waals surface area contributed by atoms with Crippen molar-refractivity contribution in [2.75, 3.05) is 39.3 Å². The summed E-state index contributed by atoms with van der Waals surface area (Å²) in [6, 6.07) is 0. The quantitative estimate of drug-likeness (QED) is 0.831. The van der Waals surface area contributed by atoms with E-state index in [2.05, 4.69) is 30.6 Å². The summed E-state index contributed by atoms with van der Waals surface area (Å²) in [7, 11) is 0. The summed E-state index contributed by atoms with van der Waals surface area (Å²) in [4.78, 5) is 17.2. The van der Waals surface area contributed by atoms with Gasteiger partial charge in [0.1, 0.15) is 0 Å². The van der Waals surface area contributed by atoms with Gasteiger partial charge in [-0.25, -0.2) is 0 Å². The van der Waals surface area contributed by atoms with Gasteiger partial charge >= 0.3 is 0 Å². The van der Waals surface area contributed by atoms with Crippen LogP contribution in [-0.2, 0) is 4.79 Å². The zero-order chi connectivity index (χ0) is 14.0. The number of amides is 1. The van der Waals surface area contributed by atoms with E-state index in [4.69, 9.17) is 5.73 Å². The van der Waals surface area contributed by atoms with Gasteiger partial charge in [-0.05, 0) is 24.7 Å². The Morgan fingerprint density at radius 1 is 1.26 bits per heavy atom. The molecule has 0 bridgehead atoms. The molecule has 1 aliphatic heterocycles. The zero-order valence-corrected chi connectivity index (χ0v) is 12.7. The molecule has 4 heteroatoms. The number of piperazine rings is 1. The second kappa shape index (κ2) is 5.80. The Kier molecular flexibility index (Phi) is 4.51. The van der Waals surface area contributed by atoms with Crippen LogP contribution in [0.25, 0.3) is 0 Å². The minimum atomic E-state index is -0.223. The summed E-state index contributed by atoms with van der Waals surface area (Å²) >= 11 is 0. The molecule has 1 saturated heterocycles. The van der Waals surface area contributed by atoms with E-state index in [1.165, 1.54) is 0 Å². The van der Waals surface area contributed by atoms with Crippen molar-refractivity contribution in [3.05, 3.63) is 0 Å². The minimum absolute atomic E-state index is 0.223. The van der Waals surface area contributed by atoms with Crippen LogP contribution in [0.2, 0.25) is 0 Å². The Hall–Kier alpha value is -0.610. The van der Waals surface area contributed by atoms with Gasteiger partial charge in [-0.3, -0.25) is 9.69 Å². The van der Waals surface area contributed by atoms with Gasteiger partial charge in [-0.15, -0.1) is 0 Å². The first-order valence-electron chi connectivity index (χ1n) is 7.68. The topological polar surface area (TPSA) is 49.6 Å². The van der Waals surface area contributed by atoms with E-state index in [0.29, 0.717) is 24.3 Å². The first-order valence-corrected chi connectivity index (χ1v) is 7.68. The van der Waals surface area contributed by atoms with Crippen molar-refractivity contribution in [1.82, 2.24) is 9.80 Å². The van der Waals surface area contributed by atoms with E-state index in [1.54, 1.807) is 0 Å². The normalized spacial score (nSPS) is 32.5. The third-order valence-corrected chi connectivity index (χ3v) is 4.61. The SMILES string of the molecule is CC(C)CN1CCN(C(=O)C2(CN)CC(C)C2)CC1. The maximum atomic E-state index is 12.6. The number of carbonyl (C=O) groups excluding carboxylic acids is 1. The summed E-state index contributed by atoms with van der Waals surface area (Å²) in [5.74, 6) is 1.68. The van der Waals surface area contributed by atoms with Crippen molar-refractivity contribution in [2.24, 2.45) is 23.0 Å². The van der Waals surface area contributed by atoms with Crippen LogP contribution in [-0.4, -0.2) is 55.0 Å². The second-order valence-corrected chi connectivity index (χ2v) is 6.98. The van der Waals surface area contributed by atoms with Gasteiger partial charge in [0.25, 0.3) is 0 Å². The summed E-state index contributed by atoms with van der Waals surface area (Å²) in [6.07, 6.45) is 1.96. The van der Waals surface area contributed by atoms with Gasteiger partial charge in [-0.2, -0.15) is 0 Å². The number of hydrogen-bond acceptors (Lipinski definition) is 3. The van der Waals surface area contributed by atoms with E-state index >= 15 is 0 Å². The number of carbonyl (C=O) groups is 1. The molecule has 0 aromatic rings. The average molecular weight is 267 g/mol. The molecule has 19 heavy (non-hydrogen) atoms. The van der Waals surface area contributed by atoms with Crippen LogP contribution >= 0.6 is 0 Å². The van der Waals surface area contributed by atoms with Crippen molar-refractivity contribution in [3.8, 4) is 0 Å². The monoisotopic (exact) mass is 267 g/mol. The van der Waals surface area contributed by atoms with Gasteiger partial charge in [0.2, 0.25) is 5.91 Å². The molecule has 1 heterocycles. The minimum Gasteiger partial charge on any atom is -0.340 e. The molecule has 0 aromatic heterocycles. The summed E-state index contributed by atoms with van der Waals surface area (Å²) in [5.41, 5.74) is 5.65. The van der Waals surface area contributed by atoms with Crippen LogP contribution < -0.4 is 5.73 Å². The van der Waals surface area contributed by atoms with Gasteiger partial charge in [0.05, 0.1) is 5.41 Å².